The Morgan fingerprint density at radius 2 is 2.11 bits per heavy atom. The van der Waals surface area contributed by atoms with Gasteiger partial charge in [0.2, 0.25) is 0 Å². The van der Waals surface area contributed by atoms with Crippen LogP contribution in [0.15, 0.2) is 24.4 Å². The van der Waals surface area contributed by atoms with E-state index in [-0.39, 0.29) is 5.82 Å². The molecule has 0 saturated carbocycles. The molecule has 1 N–H and O–H groups in total. The Bertz CT molecular complexity index is 572. The number of anilines is 1. The number of ether oxygens (including phenoxy) is 1. The highest BCUT2D eigenvalue weighted by Crippen LogP contribution is 2.26. The van der Waals surface area contributed by atoms with Gasteiger partial charge in [-0.2, -0.15) is 0 Å². The first-order valence-corrected chi connectivity index (χ1v) is 5.51. The standard InChI is InChI=1S/C13H14FN3O/c1-8-4-5-9(14)6-10(8)11-7-16-12(15-2)13(17-11)18-3/h4-7H,1-3H3,(H,15,16). The van der Waals surface area contributed by atoms with Gasteiger partial charge in [0.1, 0.15) is 5.82 Å². The number of halogens is 1. The molecule has 0 spiro atoms. The Morgan fingerprint density at radius 3 is 2.78 bits per heavy atom. The summed E-state index contributed by atoms with van der Waals surface area (Å²) in [5.41, 5.74) is 2.23. The Labute approximate surface area is 105 Å². The molecule has 1 aromatic carbocycles. The van der Waals surface area contributed by atoms with Crippen LogP contribution in [-0.4, -0.2) is 24.1 Å². The van der Waals surface area contributed by atoms with Crippen LogP contribution in [0.4, 0.5) is 10.2 Å². The van der Waals surface area contributed by atoms with E-state index in [2.05, 4.69) is 15.3 Å². The molecule has 0 unspecified atom stereocenters. The van der Waals surface area contributed by atoms with Crippen LogP contribution in [0.25, 0.3) is 11.3 Å². The molecule has 94 valence electrons. The lowest BCUT2D eigenvalue weighted by Gasteiger charge is -2.09. The smallest absolute Gasteiger partial charge is 0.257 e. The molecule has 1 heterocycles. The summed E-state index contributed by atoms with van der Waals surface area (Å²) in [6.45, 7) is 1.90. The Balaban J connectivity index is 2.54. The number of benzene rings is 1. The van der Waals surface area contributed by atoms with Crippen molar-refractivity contribution in [3.8, 4) is 17.1 Å². The average Bonchev–Trinajstić information content (AvgIpc) is 2.40. The van der Waals surface area contributed by atoms with E-state index in [1.807, 2.05) is 6.92 Å². The summed E-state index contributed by atoms with van der Waals surface area (Å²) in [5.74, 6) is 0.642. The molecule has 4 nitrogen and oxygen atoms in total. The first-order chi connectivity index (χ1) is 8.65. The number of hydrogen-bond acceptors (Lipinski definition) is 4. The van der Waals surface area contributed by atoms with Gasteiger partial charge in [-0.05, 0) is 24.6 Å². The van der Waals surface area contributed by atoms with Crippen LogP contribution in [0.1, 0.15) is 5.56 Å². The van der Waals surface area contributed by atoms with Gasteiger partial charge >= 0.3 is 0 Å². The molecule has 5 heteroatoms. The Morgan fingerprint density at radius 1 is 1.33 bits per heavy atom. The molecular weight excluding hydrogens is 233 g/mol. The predicted molar refractivity (Wildman–Crippen MR) is 68.3 cm³/mol. The Kier molecular flexibility index (Phi) is 3.41. The first-order valence-electron chi connectivity index (χ1n) is 5.51. The SMILES string of the molecule is CNc1ncc(-c2cc(F)ccc2C)nc1OC. The number of nitrogens with zero attached hydrogens (tertiary/aromatic N) is 2. The minimum absolute atomic E-state index is 0.297. The lowest BCUT2D eigenvalue weighted by Crippen LogP contribution is -2.01. The summed E-state index contributed by atoms with van der Waals surface area (Å²) in [4.78, 5) is 8.51. The van der Waals surface area contributed by atoms with Crippen molar-refractivity contribution < 1.29 is 9.13 Å². The van der Waals surface area contributed by atoms with Crippen molar-refractivity contribution in [2.75, 3.05) is 19.5 Å². The van der Waals surface area contributed by atoms with Crippen molar-refractivity contribution in [2.45, 2.75) is 6.92 Å². The first kappa shape index (κ1) is 12.3. The molecule has 2 rings (SSSR count). The lowest BCUT2D eigenvalue weighted by atomic mass is 10.1. The summed E-state index contributed by atoms with van der Waals surface area (Å²) in [7, 11) is 3.26. The van der Waals surface area contributed by atoms with E-state index in [9.17, 15) is 4.39 Å². The van der Waals surface area contributed by atoms with Crippen molar-refractivity contribution in [1.82, 2.24) is 9.97 Å². The summed E-state index contributed by atoms with van der Waals surface area (Å²) >= 11 is 0. The van der Waals surface area contributed by atoms with Crippen molar-refractivity contribution in [1.29, 1.82) is 0 Å². The topological polar surface area (TPSA) is 47.0 Å². The second-order valence-corrected chi connectivity index (χ2v) is 3.82. The number of methoxy groups -OCH3 is 1. The highest BCUT2D eigenvalue weighted by Gasteiger charge is 2.10. The van der Waals surface area contributed by atoms with E-state index in [1.54, 1.807) is 19.3 Å². The van der Waals surface area contributed by atoms with E-state index >= 15 is 0 Å². The zero-order valence-corrected chi connectivity index (χ0v) is 10.5. The molecule has 2 aromatic rings. The fraction of sp³-hybridized carbons (Fsp3) is 0.231. The van der Waals surface area contributed by atoms with Gasteiger partial charge in [-0.1, -0.05) is 6.07 Å². The van der Waals surface area contributed by atoms with Crippen LogP contribution in [-0.2, 0) is 0 Å². The highest BCUT2D eigenvalue weighted by atomic mass is 19.1. The maximum absolute atomic E-state index is 13.3. The van der Waals surface area contributed by atoms with Crippen LogP contribution in [0.2, 0.25) is 0 Å². The van der Waals surface area contributed by atoms with Gasteiger partial charge in [-0.25, -0.2) is 14.4 Å². The minimum Gasteiger partial charge on any atom is -0.478 e. The molecule has 0 atom stereocenters. The normalized spacial score (nSPS) is 10.2. The second kappa shape index (κ2) is 5.00. The third-order valence-electron chi connectivity index (χ3n) is 2.65. The molecule has 0 bridgehead atoms. The lowest BCUT2D eigenvalue weighted by molar-refractivity contribution is 0.398. The quantitative estimate of drug-likeness (QED) is 0.905. The largest absolute Gasteiger partial charge is 0.478 e. The van der Waals surface area contributed by atoms with Gasteiger partial charge in [0.05, 0.1) is 19.0 Å². The molecule has 0 amide bonds. The second-order valence-electron chi connectivity index (χ2n) is 3.82. The molecule has 1 aromatic heterocycles. The minimum atomic E-state index is -0.297. The molecule has 0 radical (unpaired) electrons. The van der Waals surface area contributed by atoms with Crippen molar-refractivity contribution in [3.05, 3.63) is 35.8 Å². The van der Waals surface area contributed by atoms with Crippen LogP contribution in [0.3, 0.4) is 0 Å². The average molecular weight is 247 g/mol. The summed E-state index contributed by atoms with van der Waals surface area (Å²) in [5, 5.41) is 2.88. The van der Waals surface area contributed by atoms with Crippen molar-refractivity contribution in [3.63, 3.8) is 0 Å². The molecule has 0 saturated heterocycles. The Hall–Kier alpha value is -2.17. The van der Waals surface area contributed by atoms with E-state index in [1.165, 1.54) is 19.2 Å². The molecule has 0 aliphatic heterocycles. The summed E-state index contributed by atoms with van der Waals surface area (Å²) in [6, 6.07) is 4.58. The van der Waals surface area contributed by atoms with E-state index < -0.39 is 0 Å². The monoisotopic (exact) mass is 247 g/mol. The number of aryl methyl sites for hydroxylation is 1. The van der Waals surface area contributed by atoms with Gasteiger partial charge < -0.3 is 10.1 Å². The maximum Gasteiger partial charge on any atom is 0.257 e. The zero-order chi connectivity index (χ0) is 13.1. The molecule has 0 fully saturated rings. The predicted octanol–water partition coefficient (Wildman–Crippen LogP) is 2.64. The number of aromatic nitrogens is 2. The van der Waals surface area contributed by atoms with Gasteiger partial charge in [0, 0.05) is 12.6 Å². The van der Waals surface area contributed by atoms with Crippen molar-refractivity contribution in [2.24, 2.45) is 0 Å². The van der Waals surface area contributed by atoms with Crippen LogP contribution in [0, 0.1) is 12.7 Å². The van der Waals surface area contributed by atoms with E-state index in [0.29, 0.717) is 23.0 Å². The molecule has 0 aliphatic rings. The van der Waals surface area contributed by atoms with Gasteiger partial charge in [-0.15, -0.1) is 0 Å². The maximum atomic E-state index is 13.3. The third-order valence-corrected chi connectivity index (χ3v) is 2.65. The summed E-state index contributed by atoms with van der Waals surface area (Å²) < 4.78 is 18.4. The third kappa shape index (κ3) is 2.25. The molecule has 0 aliphatic carbocycles. The van der Waals surface area contributed by atoms with Gasteiger partial charge in [0.15, 0.2) is 5.82 Å². The summed E-state index contributed by atoms with van der Waals surface area (Å²) in [6.07, 6.45) is 1.59. The highest BCUT2D eigenvalue weighted by molar-refractivity contribution is 5.64. The van der Waals surface area contributed by atoms with Gasteiger partial charge in [-0.3, -0.25) is 0 Å². The fourth-order valence-corrected chi connectivity index (χ4v) is 1.69. The number of hydrogen-bond donors (Lipinski definition) is 1. The van der Waals surface area contributed by atoms with E-state index in [0.717, 1.165) is 5.56 Å². The van der Waals surface area contributed by atoms with Crippen LogP contribution in [0.5, 0.6) is 5.88 Å². The number of nitrogens with one attached hydrogen (secondary N) is 1. The van der Waals surface area contributed by atoms with Crippen LogP contribution >= 0.6 is 0 Å². The zero-order valence-electron chi connectivity index (χ0n) is 10.5. The molecule has 18 heavy (non-hydrogen) atoms. The number of rotatable bonds is 3. The van der Waals surface area contributed by atoms with E-state index in [4.69, 9.17) is 4.74 Å². The molecular formula is C13H14FN3O. The van der Waals surface area contributed by atoms with Crippen molar-refractivity contribution >= 4 is 5.82 Å². The van der Waals surface area contributed by atoms with Crippen LogP contribution < -0.4 is 10.1 Å². The fourth-order valence-electron chi connectivity index (χ4n) is 1.69. The van der Waals surface area contributed by atoms with Gasteiger partial charge in [0.25, 0.3) is 5.88 Å².